The van der Waals surface area contributed by atoms with Gasteiger partial charge in [-0.1, -0.05) is 71.1 Å². The lowest BCUT2D eigenvalue weighted by Gasteiger charge is -2.44. The molecule has 0 aromatic heterocycles. The highest BCUT2D eigenvalue weighted by molar-refractivity contribution is 5.38. The summed E-state index contributed by atoms with van der Waals surface area (Å²) in [5, 5.41) is 20.2. The molecule has 168 valence electrons. The van der Waals surface area contributed by atoms with Crippen LogP contribution in [0.2, 0.25) is 0 Å². The largest absolute Gasteiger partial charge is 0.393 e. The first-order valence-electron chi connectivity index (χ1n) is 12.3. The first-order chi connectivity index (χ1) is 14.1. The minimum absolute atomic E-state index is 0.385. The molecule has 3 fully saturated rings. The van der Waals surface area contributed by atoms with Crippen LogP contribution in [0.15, 0.2) is 47.6 Å². The SMILES string of the molecule is C=C1/C(=C\C=C2/CCC[C@]3(C)[C@@H]([C@H](C)C=C[C@H](C)C(C)C)CC[C@@H]23)C[C@@H](O)C[C@@H]1O. The second kappa shape index (κ2) is 9.57. The van der Waals surface area contributed by atoms with Crippen LogP contribution in [0.1, 0.15) is 79.6 Å². The normalized spacial score (nSPS) is 39.8. The first-order valence-corrected chi connectivity index (χ1v) is 12.3. The molecule has 3 rings (SSSR count). The van der Waals surface area contributed by atoms with Gasteiger partial charge in [0.05, 0.1) is 12.2 Å². The number of rotatable bonds is 5. The molecular formula is C28H44O2. The van der Waals surface area contributed by atoms with E-state index in [1.165, 1.54) is 32.1 Å². The van der Waals surface area contributed by atoms with Crippen LogP contribution in [-0.2, 0) is 0 Å². The van der Waals surface area contributed by atoms with E-state index < -0.39 is 12.2 Å². The second-order valence-electron chi connectivity index (χ2n) is 11.0. The monoisotopic (exact) mass is 412 g/mol. The van der Waals surface area contributed by atoms with Crippen molar-refractivity contribution >= 4 is 0 Å². The summed E-state index contributed by atoms with van der Waals surface area (Å²) in [5.74, 6) is 3.38. The summed E-state index contributed by atoms with van der Waals surface area (Å²) in [4.78, 5) is 0. The highest BCUT2D eigenvalue weighted by atomic mass is 16.3. The van der Waals surface area contributed by atoms with E-state index in [9.17, 15) is 10.2 Å². The Balaban J connectivity index is 1.76. The minimum Gasteiger partial charge on any atom is -0.393 e. The van der Waals surface area contributed by atoms with E-state index in [1.54, 1.807) is 5.57 Å². The van der Waals surface area contributed by atoms with Crippen molar-refractivity contribution in [1.29, 1.82) is 0 Å². The highest BCUT2D eigenvalue weighted by Crippen LogP contribution is 2.59. The van der Waals surface area contributed by atoms with Crippen molar-refractivity contribution in [1.82, 2.24) is 0 Å². The fraction of sp³-hybridized carbons (Fsp3) is 0.714. The van der Waals surface area contributed by atoms with E-state index >= 15 is 0 Å². The lowest BCUT2D eigenvalue weighted by atomic mass is 9.61. The first kappa shape index (κ1) is 23.5. The smallest absolute Gasteiger partial charge is 0.0811 e. The number of hydrogen-bond acceptors (Lipinski definition) is 2. The molecule has 0 heterocycles. The number of aliphatic hydroxyl groups is 2. The fourth-order valence-electron chi connectivity index (χ4n) is 6.32. The van der Waals surface area contributed by atoms with E-state index in [1.807, 2.05) is 0 Å². The molecule has 2 N–H and O–H groups in total. The van der Waals surface area contributed by atoms with Gasteiger partial charge in [0, 0.05) is 6.42 Å². The van der Waals surface area contributed by atoms with Gasteiger partial charge in [-0.3, -0.25) is 0 Å². The lowest BCUT2D eigenvalue weighted by molar-refractivity contribution is 0.0862. The average molecular weight is 413 g/mol. The summed E-state index contributed by atoms with van der Waals surface area (Å²) >= 11 is 0. The summed E-state index contributed by atoms with van der Waals surface area (Å²) < 4.78 is 0. The van der Waals surface area contributed by atoms with Gasteiger partial charge in [0.25, 0.3) is 0 Å². The Bertz CT molecular complexity index is 712. The zero-order valence-electron chi connectivity index (χ0n) is 19.9. The van der Waals surface area contributed by atoms with E-state index in [4.69, 9.17) is 0 Å². The van der Waals surface area contributed by atoms with E-state index in [2.05, 4.69) is 65.5 Å². The molecule has 3 aliphatic rings. The zero-order chi connectivity index (χ0) is 22.1. The van der Waals surface area contributed by atoms with Crippen LogP contribution in [0.25, 0.3) is 0 Å². The molecule has 0 aromatic rings. The van der Waals surface area contributed by atoms with Crippen molar-refractivity contribution < 1.29 is 10.2 Å². The zero-order valence-corrected chi connectivity index (χ0v) is 19.9. The van der Waals surface area contributed by atoms with Gasteiger partial charge in [0.1, 0.15) is 0 Å². The van der Waals surface area contributed by atoms with Gasteiger partial charge in [-0.2, -0.15) is 0 Å². The molecule has 0 unspecified atom stereocenters. The molecule has 0 bridgehead atoms. The summed E-state index contributed by atoms with van der Waals surface area (Å²) in [6.45, 7) is 16.0. The molecule has 2 heteroatoms. The van der Waals surface area contributed by atoms with Crippen molar-refractivity contribution in [2.45, 2.75) is 91.8 Å². The molecule has 0 saturated heterocycles. The van der Waals surface area contributed by atoms with Crippen molar-refractivity contribution in [3.63, 3.8) is 0 Å². The molecule has 3 saturated carbocycles. The fourth-order valence-corrected chi connectivity index (χ4v) is 6.32. The Morgan fingerprint density at radius 3 is 2.50 bits per heavy atom. The molecule has 0 radical (unpaired) electrons. The standard InChI is InChI=1S/C28H44O2/c1-18(2)19(3)9-10-20(4)25-13-14-26-22(8-7-15-28(25,26)6)11-12-23-16-24(29)17-27(30)21(23)5/h9-12,18-20,24-27,29-30H,5,7-8,13-17H2,1-4,6H3/b10-9?,22-11+,23-12-/t19-,20+,24+,25+,26-,27-,28+/m0/s1. The van der Waals surface area contributed by atoms with Crippen LogP contribution >= 0.6 is 0 Å². The maximum atomic E-state index is 10.1. The van der Waals surface area contributed by atoms with Crippen molar-refractivity contribution in [2.75, 3.05) is 0 Å². The molecular weight excluding hydrogens is 368 g/mol. The van der Waals surface area contributed by atoms with Gasteiger partial charge in [-0.15, -0.1) is 0 Å². The Morgan fingerprint density at radius 1 is 1.07 bits per heavy atom. The highest BCUT2D eigenvalue weighted by Gasteiger charge is 2.50. The molecule has 2 nitrogen and oxygen atoms in total. The molecule has 7 atom stereocenters. The van der Waals surface area contributed by atoms with Crippen LogP contribution in [0.3, 0.4) is 0 Å². The van der Waals surface area contributed by atoms with Crippen molar-refractivity contribution in [3.8, 4) is 0 Å². The van der Waals surface area contributed by atoms with Gasteiger partial charge >= 0.3 is 0 Å². The quantitative estimate of drug-likeness (QED) is 0.499. The topological polar surface area (TPSA) is 40.5 Å². The summed E-state index contributed by atoms with van der Waals surface area (Å²) in [6.07, 6.45) is 15.8. The van der Waals surface area contributed by atoms with E-state index in [0.29, 0.717) is 41.9 Å². The maximum Gasteiger partial charge on any atom is 0.0811 e. The third-order valence-corrected chi connectivity index (χ3v) is 8.71. The van der Waals surface area contributed by atoms with E-state index in [-0.39, 0.29) is 0 Å². The Morgan fingerprint density at radius 2 is 1.80 bits per heavy atom. The molecule has 0 aromatic carbocycles. The second-order valence-corrected chi connectivity index (χ2v) is 11.0. The van der Waals surface area contributed by atoms with Gasteiger partial charge < -0.3 is 10.2 Å². The Labute approximate surface area is 184 Å². The minimum atomic E-state index is -0.605. The maximum absolute atomic E-state index is 10.1. The van der Waals surface area contributed by atoms with E-state index in [0.717, 1.165) is 17.1 Å². The third-order valence-electron chi connectivity index (χ3n) is 8.71. The number of allylic oxidation sites excluding steroid dienone is 5. The van der Waals surface area contributed by atoms with Gasteiger partial charge in [-0.05, 0) is 84.7 Å². The number of hydrogen-bond donors (Lipinski definition) is 2. The molecule has 30 heavy (non-hydrogen) atoms. The predicted octanol–water partition coefficient (Wildman–Crippen LogP) is 6.61. The third kappa shape index (κ3) is 4.86. The van der Waals surface area contributed by atoms with Gasteiger partial charge in [-0.25, -0.2) is 0 Å². The molecule has 0 amide bonds. The molecule has 3 aliphatic carbocycles. The van der Waals surface area contributed by atoms with Crippen molar-refractivity contribution in [3.05, 3.63) is 47.6 Å². The van der Waals surface area contributed by atoms with Gasteiger partial charge in [0.15, 0.2) is 0 Å². The van der Waals surface area contributed by atoms with Crippen LogP contribution in [0, 0.1) is 35.0 Å². The summed E-state index contributed by atoms with van der Waals surface area (Å²) in [7, 11) is 0. The van der Waals surface area contributed by atoms with Crippen molar-refractivity contribution in [2.24, 2.45) is 35.0 Å². The molecule has 0 aliphatic heterocycles. The Hall–Kier alpha value is -1.12. The summed E-state index contributed by atoms with van der Waals surface area (Å²) in [5.41, 5.74) is 3.77. The lowest BCUT2D eigenvalue weighted by Crippen LogP contribution is -2.35. The predicted molar refractivity (Wildman–Crippen MR) is 127 cm³/mol. The summed E-state index contributed by atoms with van der Waals surface area (Å²) in [6, 6.07) is 0. The van der Waals surface area contributed by atoms with Crippen LogP contribution < -0.4 is 0 Å². The molecule has 0 spiro atoms. The van der Waals surface area contributed by atoms with Crippen LogP contribution in [-0.4, -0.2) is 22.4 Å². The average Bonchev–Trinajstić information content (AvgIpc) is 3.04. The number of aliphatic hydroxyl groups excluding tert-OH is 2. The number of fused-ring (bicyclic) bond motifs is 1. The van der Waals surface area contributed by atoms with Crippen LogP contribution in [0.5, 0.6) is 0 Å². The van der Waals surface area contributed by atoms with Gasteiger partial charge in [0.2, 0.25) is 0 Å². The van der Waals surface area contributed by atoms with Crippen LogP contribution in [0.4, 0.5) is 0 Å². The Kier molecular flexibility index (Phi) is 7.51.